The first-order valence-corrected chi connectivity index (χ1v) is 10.5. The van der Waals surface area contributed by atoms with Gasteiger partial charge in [0.25, 0.3) is 0 Å². The molecule has 0 aromatic heterocycles. The molecule has 0 unspecified atom stereocenters. The Bertz CT molecular complexity index is 616. The molecule has 1 aromatic rings. The van der Waals surface area contributed by atoms with E-state index in [4.69, 9.17) is 4.74 Å². The van der Waals surface area contributed by atoms with Gasteiger partial charge < -0.3 is 4.74 Å². The zero-order valence-electron chi connectivity index (χ0n) is 14.5. The highest BCUT2D eigenvalue weighted by Crippen LogP contribution is 2.24. The lowest BCUT2D eigenvalue weighted by Crippen LogP contribution is -2.50. The van der Waals surface area contributed by atoms with Crippen molar-refractivity contribution in [1.29, 1.82) is 0 Å². The summed E-state index contributed by atoms with van der Waals surface area (Å²) in [6.45, 7) is 6.88. The largest absolute Gasteiger partial charge is 0.379 e. The molecule has 0 bridgehead atoms. The van der Waals surface area contributed by atoms with E-state index in [1.165, 1.54) is 5.56 Å². The predicted octanol–water partition coefficient (Wildman–Crippen LogP) is 2.12. The molecule has 0 radical (unpaired) electrons. The maximum atomic E-state index is 12.8. The second kappa shape index (κ2) is 7.95. The monoisotopic (exact) mass is 352 g/mol. The molecule has 24 heavy (non-hydrogen) atoms. The molecular formula is C18H28N2O3S. The summed E-state index contributed by atoms with van der Waals surface area (Å²) in [6.07, 6.45) is 3.88. The van der Waals surface area contributed by atoms with Gasteiger partial charge in [0.05, 0.1) is 18.1 Å². The standard InChI is InChI=1S/C18H28N2O3S/c1-2-3-16-4-6-18(7-5-16)24(21,22)20-10-8-17(9-11-20)19-12-14-23-15-13-19/h4-7,17H,2-3,8-15H2,1H3. The van der Waals surface area contributed by atoms with Crippen LogP contribution < -0.4 is 0 Å². The Morgan fingerprint density at radius 1 is 1.04 bits per heavy atom. The second-order valence-corrected chi connectivity index (χ2v) is 8.62. The van der Waals surface area contributed by atoms with Crippen LogP contribution in [0.4, 0.5) is 0 Å². The number of piperidine rings is 1. The Morgan fingerprint density at radius 2 is 1.67 bits per heavy atom. The first-order valence-electron chi connectivity index (χ1n) is 9.02. The Hall–Kier alpha value is -0.950. The van der Waals surface area contributed by atoms with E-state index in [0.29, 0.717) is 24.0 Å². The molecule has 3 rings (SSSR count). The molecule has 6 heteroatoms. The van der Waals surface area contributed by atoms with Gasteiger partial charge in [-0.2, -0.15) is 4.31 Å². The molecule has 0 N–H and O–H groups in total. The van der Waals surface area contributed by atoms with Gasteiger partial charge in [0.1, 0.15) is 0 Å². The summed E-state index contributed by atoms with van der Waals surface area (Å²) in [6, 6.07) is 7.89. The summed E-state index contributed by atoms with van der Waals surface area (Å²) in [5, 5.41) is 0. The SMILES string of the molecule is CCCc1ccc(S(=O)(=O)N2CCC(N3CCOCC3)CC2)cc1. The van der Waals surface area contributed by atoms with E-state index >= 15 is 0 Å². The summed E-state index contributed by atoms with van der Waals surface area (Å²) in [7, 11) is -3.36. The van der Waals surface area contributed by atoms with Crippen LogP contribution in [0.5, 0.6) is 0 Å². The average molecular weight is 353 g/mol. The topological polar surface area (TPSA) is 49.9 Å². The Labute approximate surface area is 145 Å². The lowest BCUT2D eigenvalue weighted by atomic mass is 10.0. The van der Waals surface area contributed by atoms with Gasteiger partial charge in [-0.3, -0.25) is 4.90 Å². The van der Waals surface area contributed by atoms with Crippen molar-refractivity contribution in [3.63, 3.8) is 0 Å². The molecule has 0 aliphatic carbocycles. The smallest absolute Gasteiger partial charge is 0.243 e. The van der Waals surface area contributed by atoms with E-state index in [-0.39, 0.29) is 0 Å². The number of hydrogen-bond acceptors (Lipinski definition) is 4. The van der Waals surface area contributed by atoms with E-state index < -0.39 is 10.0 Å². The summed E-state index contributed by atoms with van der Waals surface area (Å²) < 4.78 is 32.7. The Kier molecular flexibility index (Phi) is 5.92. The van der Waals surface area contributed by atoms with Gasteiger partial charge in [-0.1, -0.05) is 25.5 Å². The Morgan fingerprint density at radius 3 is 2.25 bits per heavy atom. The molecule has 134 valence electrons. The second-order valence-electron chi connectivity index (χ2n) is 6.68. The van der Waals surface area contributed by atoms with E-state index in [9.17, 15) is 8.42 Å². The molecule has 2 heterocycles. The van der Waals surface area contributed by atoms with Crippen LogP contribution in [0.1, 0.15) is 31.7 Å². The first kappa shape index (κ1) is 17.9. The van der Waals surface area contributed by atoms with Gasteiger partial charge in [0.15, 0.2) is 0 Å². The van der Waals surface area contributed by atoms with Crippen LogP contribution in [0.25, 0.3) is 0 Å². The van der Waals surface area contributed by atoms with Crippen molar-refractivity contribution in [3.05, 3.63) is 29.8 Å². The van der Waals surface area contributed by atoms with Gasteiger partial charge in [0, 0.05) is 32.2 Å². The number of ether oxygens (including phenoxy) is 1. The summed E-state index contributed by atoms with van der Waals surface area (Å²) in [5.41, 5.74) is 1.20. The van der Waals surface area contributed by atoms with Crippen molar-refractivity contribution < 1.29 is 13.2 Å². The third-order valence-corrected chi connectivity index (χ3v) is 7.00. The molecular weight excluding hydrogens is 324 g/mol. The number of hydrogen-bond donors (Lipinski definition) is 0. The van der Waals surface area contributed by atoms with Crippen molar-refractivity contribution in [2.24, 2.45) is 0 Å². The maximum Gasteiger partial charge on any atom is 0.243 e. The third-order valence-electron chi connectivity index (χ3n) is 5.09. The van der Waals surface area contributed by atoms with Crippen LogP contribution in [0.3, 0.4) is 0 Å². The fourth-order valence-electron chi connectivity index (χ4n) is 3.66. The fourth-order valence-corrected chi connectivity index (χ4v) is 5.13. The number of aryl methyl sites for hydroxylation is 1. The van der Waals surface area contributed by atoms with Crippen LogP contribution in [-0.2, 0) is 21.2 Å². The quantitative estimate of drug-likeness (QED) is 0.814. The first-order chi connectivity index (χ1) is 11.6. The normalized spacial score (nSPS) is 21.9. The summed E-state index contributed by atoms with van der Waals surface area (Å²) >= 11 is 0. The van der Waals surface area contributed by atoms with Gasteiger partial charge >= 0.3 is 0 Å². The van der Waals surface area contributed by atoms with Crippen LogP contribution in [0.2, 0.25) is 0 Å². The van der Waals surface area contributed by atoms with Gasteiger partial charge in [-0.25, -0.2) is 8.42 Å². The summed E-state index contributed by atoms with van der Waals surface area (Å²) in [5.74, 6) is 0. The summed E-state index contributed by atoms with van der Waals surface area (Å²) in [4.78, 5) is 2.87. The van der Waals surface area contributed by atoms with Crippen LogP contribution in [-0.4, -0.2) is 63.1 Å². The molecule has 2 aliphatic rings. The van der Waals surface area contributed by atoms with E-state index in [1.807, 2.05) is 12.1 Å². The predicted molar refractivity (Wildman–Crippen MR) is 94.6 cm³/mol. The van der Waals surface area contributed by atoms with E-state index in [1.54, 1.807) is 16.4 Å². The zero-order valence-corrected chi connectivity index (χ0v) is 15.3. The number of morpholine rings is 1. The highest BCUT2D eigenvalue weighted by Gasteiger charge is 2.32. The molecule has 0 spiro atoms. The third kappa shape index (κ3) is 3.99. The molecule has 1 aromatic carbocycles. The number of benzene rings is 1. The minimum absolute atomic E-state index is 0.423. The molecule has 0 saturated carbocycles. The van der Waals surface area contributed by atoms with Crippen LogP contribution in [0.15, 0.2) is 29.2 Å². The van der Waals surface area contributed by atoms with E-state index in [0.717, 1.165) is 52.0 Å². The Balaban J connectivity index is 1.61. The van der Waals surface area contributed by atoms with Crippen molar-refractivity contribution in [2.75, 3.05) is 39.4 Å². The lowest BCUT2D eigenvalue weighted by molar-refractivity contribution is 0.00610. The highest BCUT2D eigenvalue weighted by atomic mass is 32.2. The molecule has 0 amide bonds. The van der Waals surface area contributed by atoms with Crippen molar-refractivity contribution in [1.82, 2.24) is 9.21 Å². The van der Waals surface area contributed by atoms with Crippen molar-refractivity contribution in [3.8, 4) is 0 Å². The maximum absolute atomic E-state index is 12.8. The van der Waals surface area contributed by atoms with Gasteiger partial charge in [-0.05, 0) is 37.0 Å². The minimum atomic E-state index is -3.36. The zero-order chi connectivity index (χ0) is 17.0. The number of sulfonamides is 1. The molecule has 2 aliphatic heterocycles. The number of rotatable bonds is 5. The highest BCUT2D eigenvalue weighted by molar-refractivity contribution is 7.89. The van der Waals surface area contributed by atoms with Gasteiger partial charge in [-0.15, -0.1) is 0 Å². The van der Waals surface area contributed by atoms with Crippen LogP contribution in [0, 0.1) is 0 Å². The average Bonchev–Trinajstić information content (AvgIpc) is 2.63. The molecule has 2 saturated heterocycles. The molecule has 5 nitrogen and oxygen atoms in total. The van der Waals surface area contributed by atoms with Gasteiger partial charge in [0.2, 0.25) is 10.0 Å². The van der Waals surface area contributed by atoms with Crippen molar-refractivity contribution in [2.45, 2.75) is 43.5 Å². The minimum Gasteiger partial charge on any atom is -0.379 e. The number of nitrogens with zero attached hydrogens (tertiary/aromatic N) is 2. The fraction of sp³-hybridized carbons (Fsp3) is 0.667. The molecule has 0 atom stereocenters. The van der Waals surface area contributed by atoms with Crippen molar-refractivity contribution >= 4 is 10.0 Å². The van der Waals surface area contributed by atoms with E-state index in [2.05, 4.69) is 11.8 Å². The molecule has 2 fully saturated rings. The lowest BCUT2D eigenvalue weighted by Gasteiger charge is -2.39. The van der Waals surface area contributed by atoms with Crippen LogP contribution >= 0.6 is 0 Å².